The molecular weight excluding hydrogens is 418 g/mol. The molecule has 0 aromatic heterocycles. The van der Waals surface area contributed by atoms with E-state index in [1.807, 2.05) is 48.5 Å². The van der Waals surface area contributed by atoms with Crippen molar-refractivity contribution in [2.75, 3.05) is 25.6 Å². The van der Waals surface area contributed by atoms with Crippen LogP contribution in [0.3, 0.4) is 0 Å². The van der Waals surface area contributed by atoms with Crippen LogP contribution in [-0.2, 0) is 4.79 Å². The van der Waals surface area contributed by atoms with Gasteiger partial charge in [-0.3, -0.25) is 9.59 Å². The van der Waals surface area contributed by atoms with Crippen molar-refractivity contribution in [2.24, 2.45) is 17.8 Å². The molecule has 1 aliphatic heterocycles. The van der Waals surface area contributed by atoms with Crippen molar-refractivity contribution < 1.29 is 19.1 Å². The average Bonchev–Trinajstić information content (AvgIpc) is 2.84. The van der Waals surface area contributed by atoms with Crippen molar-refractivity contribution in [1.29, 1.82) is 0 Å². The van der Waals surface area contributed by atoms with Crippen LogP contribution in [0.2, 0.25) is 0 Å². The second-order valence-corrected chi connectivity index (χ2v) is 9.32. The van der Waals surface area contributed by atoms with Crippen LogP contribution in [0.5, 0.6) is 11.5 Å². The Bertz CT molecular complexity index is 1040. The molecule has 3 fully saturated rings. The van der Waals surface area contributed by atoms with Crippen LogP contribution in [0.1, 0.15) is 42.5 Å². The lowest BCUT2D eigenvalue weighted by Gasteiger charge is -2.56. The van der Waals surface area contributed by atoms with Gasteiger partial charge in [0.15, 0.2) is 11.5 Å². The highest BCUT2D eigenvalue weighted by atomic mass is 16.5. The summed E-state index contributed by atoms with van der Waals surface area (Å²) in [6, 6.07) is 15.2. The molecule has 6 rings (SSSR count). The van der Waals surface area contributed by atoms with Crippen molar-refractivity contribution in [3.63, 3.8) is 0 Å². The zero-order chi connectivity index (χ0) is 22.8. The Labute approximate surface area is 194 Å². The summed E-state index contributed by atoms with van der Waals surface area (Å²) >= 11 is 0. The van der Waals surface area contributed by atoms with Gasteiger partial charge in [0.25, 0.3) is 5.91 Å². The van der Waals surface area contributed by atoms with Crippen molar-refractivity contribution in [2.45, 2.75) is 37.8 Å². The van der Waals surface area contributed by atoms with E-state index >= 15 is 0 Å². The number of benzene rings is 2. The Morgan fingerprint density at radius 1 is 1.09 bits per heavy atom. The van der Waals surface area contributed by atoms with E-state index in [2.05, 4.69) is 16.0 Å². The van der Waals surface area contributed by atoms with E-state index in [0.717, 1.165) is 37.8 Å². The first-order valence-electron chi connectivity index (χ1n) is 11.8. The summed E-state index contributed by atoms with van der Waals surface area (Å²) in [5.41, 5.74) is 1.15. The van der Waals surface area contributed by atoms with Crippen molar-refractivity contribution in [3.8, 4) is 11.5 Å². The number of rotatable bonds is 7. The quantitative estimate of drug-likeness (QED) is 0.563. The molecule has 2 aromatic carbocycles. The van der Waals surface area contributed by atoms with Gasteiger partial charge in [-0.25, -0.2) is 0 Å². The number of carbonyl (C=O) groups is 2. The van der Waals surface area contributed by atoms with Crippen LogP contribution in [0, 0.1) is 17.8 Å². The van der Waals surface area contributed by atoms with E-state index < -0.39 is 5.66 Å². The maximum Gasteiger partial charge on any atom is 0.255 e. The summed E-state index contributed by atoms with van der Waals surface area (Å²) in [7, 11) is 1.62. The van der Waals surface area contributed by atoms with E-state index in [9.17, 15) is 9.59 Å². The minimum atomic E-state index is -0.437. The van der Waals surface area contributed by atoms with Gasteiger partial charge < -0.3 is 25.4 Å². The second-order valence-electron chi connectivity index (χ2n) is 9.32. The molecule has 1 spiro atoms. The number of hydrogen-bond donors (Lipinski definition) is 3. The van der Waals surface area contributed by atoms with Gasteiger partial charge in [-0.05, 0) is 62.3 Å². The molecule has 3 aliphatic carbocycles. The Balaban J connectivity index is 1.14. The zero-order valence-corrected chi connectivity index (χ0v) is 18.9. The first-order chi connectivity index (χ1) is 16.1. The van der Waals surface area contributed by atoms with E-state index in [0.29, 0.717) is 30.2 Å². The third-order valence-electron chi connectivity index (χ3n) is 7.42. The van der Waals surface area contributed by atoms with Crippen molar-refractivity contribution in [3.05, 3.63) is 54.1 Å². The van der Waals surface area contributed by atoms with E-state index in [1.54, 1.807) is 7.11 Å². The lowest BCUT2D eigenvalue weighted by Crippen LogP contribution is -2.68. The molecule has 33 heavy (non-hydrogen) atoms. The number of nitrogens with one attached hydrogen (secondary N) is 3. The Hall–Kier alpha value is -3.22. The number of para-hydroxylation sites is 3. The summed E-state index contributed by atoms with van der Waals surface area (Å²) in [4.78, 5) is 25.7. The number of amides is 2. The first-order valence-corrected chi connectivity index (χ1v) is 11.8. The van der Waals surface area contributed by atoms with E-state index in [4.69, 9.17) is 9.47 Å². The number of hydrogen-bond acceptors (Lipinski definition) is 5. The number of anilines is 1. The van der Waals surface area contributed by atoms with Crippen LogP contribution >= 0.6 is 0 Å². The lowest BCUT2D eigenvalue weighted by molar-refractivity contribution is -0.132. The maximum atomic E-state index is 13.0. The zero-order valence-electron chi connectivity index (χ0n) is 18.9. The predicted octanol–water partition coefficient (Wildman–Crippen LogP) is 3.57. The minimum Gasteiger partial charge on any atom is -0.493 e. The van der Waals surface area contributed by atoms with Crippen LogP contribution in [-0.4, -0.2) is 37.7 Å². The standard InChI is InChI=1S/C26H31N3O4/c1-32-22-9-4-5-10-23(22)33-14-6-13-27-24(30)20-15-18-12-11-17(20)16-26(18)28-21-8-3-2-7-19(21)25(31)29-26/h2-5,7-10,17-18,20,28H,6,11-16H2,1H3,(H,27,30)(H,29,31)/t17-,18+,20+,26-/m1/s1. The first kappa shape index (κ1) is 21.6. The molecule has 174 valence electrons. The van der Waals surface area contributed by atoms with E-state index in [1.165, 1.54) is 0 Å². The molecule has 3 N–H and O–H groups in total. The largest absolute Gasteiger partial charge is 0.493 e. The van der Waals surface area contributed by atoms with Crippen molar-refractivity contribution in [1.82, 2.24) is 10.6 Å². The molecule has 0 unspecified atom stereocenters. The third-order valence-corrected chi connectivity index (χ3v) is 7.42. The van der Waals surface area contributed by atoms with Gasteiger partial charge in [-0.1, -0.05) is 24.3 Å². The highest BCUT2D eigenvalue weighted by Crippen LogP contribution is 2.51. The molecule has 4 aliphatic rings. The lowest BCUT2D eigenvalue weighted by atomic mass is 9.58. The van der Waals surface area contributed by atoms with Gasteiger partial charge in [0, 0.05) is 24.1 Å². The van der Waals surface area contributed by atoms with Crippen LogP contribution < -0.4 is 25.4 Å². The molecule has 0 saturated heterocycles. The highest BCUT2D eigenvalue weighted by molar-refractivity contribution is 6.02. The molecule has 3 saturated carbocycles. The fraction of sp³-hybridized carbons (Fsp3) is 0.462. The summed E-state index contributed by atoms with van der Waals surface area (Å²) in [6.07, 6.45) is 4.36. The Kier molecular flexibility index (Phi) is 5.87. The minimum absolute atomic E-state index is 0.000355. The summed E-state index contributed by atoms with van der Waals surface area (Å²) in [6.45, 7) is 1.09. The summed E-state index contributed by atoms with van der Waals surface area (Å²) < 4.78 is 11.1. The van der Waals surface area contributed by atoms with E-state index in [-0.39, 0.29) is 29.6 Å². The van der Waals surface area contributed by atoms with Gasteiger partial charge in [-0.15, -0.1) is 0 Å². The summed E-state index contributed by atoms with van der Waals surface area (Å²) in [5, 5.41) is 9.99. The number of carbonyl (C=O) groups excluding carboxylic acids is 2. The highest BCUT2D eigenvalue weighted by Gasteiger charge is 2.55. The topological polar surface area (TPSA) is 88.7 Å². The van der Waals surface area contributed by atoms with Gasteiger partial charge in [0.1, 0.15) is 5.66 Å². The molecule has 2 bridgehead atoms. The number of methoxy groups -OCH3 is 1. The molecule has 1 heterocycles. The fourth-order valence-corrected chi connectivity index (χ4v) is 5.80. The normalized spacial score (nSPS) is 27.3. The van der Waals surface area contributed by atoms with Crippen molar-refractivity contribution >= 4 is 17.5 Å². The molecule has 7 heteroatoms. The Morgan fingerprint density at radius 3 is 2.67 bits per heavy atom. The van der Waals surface area contributed by atoms with Gasteiger partial charge >= 0.3 is 0 Å². The number of fused-ring (bicyclic) bond motifs is 3. The maximum absolute atomic E-state index is 13.0. The molecule has 2 aromatic rings. The third kappa shape index (κ3) is 4.12. The molecule has 4 atom stereocenters. The smallest absolute Gasteiger partial charge is 0.255 e. The van der Waals surface area contributed by atoms with Gasteiger partial charge in [0.05, 0.1) is 19.3 Å². The SMILES string of the molecule is COc1ccccc1OCCCNC(=O)[C@H]1C[C@@H]2CC[C@@H]1C[C@@]21NC(=O)c2ccccc2N1. The van der Waals surface area contributed by atoms with Gasteiger partial charge in [0.2, 0.25) is 5.91 Å². The fourth-order valence-electron chi connectivity index (χ4n) is 5.80. The molecule has 2 amide bonds. The molecular formula is C26H31N3O4. The monoisotopic (exact) mass is 449 g/mol. The average molecular weight is 450 g/mol. The molecule has 7 nitrogen and oxygen atoms in total. The summed E-state index contributed by atoms with van der Waals surface area (Å²) in [5.74, 6) is 2.03. The van der Waals surface area contributed by atoms with Crippen LogP contribution in [0.25, 0.3) is 0 Å². The second kappa shape index (κ2) is 8.96. The van der Waals surface area contributed by atoms with Gasteiger partial charge in [-0.2, -0.15) is 0 Å². The predicted molar refractivity (Wildman–Crippen MR) is 125 cm³/mol. The Morgan fingerprint density at radius 2 is 1.88 bits per heavy atom. The van der Waals surface area contributed by atoms with Crippen LogP contribution in [0.15, 0.2) is 48.5 Å². The molecule has 0 radical (unpaired) electrons. The number of ether oxygens (including phenoxy) is 2. The van der Waals surface area contributed by atoms with Crippen LogP contribution in [0.4, 0.5) is 5.69 Å².